The summed E-state index contributed by atoms with van der Waals surface area (Å²) >= 11 is 0. The van der Waals surface area contributed by atoms with E-state index in [9.17, 15) is 19.2 Å². The van der Waals surface area contributed by atoms with Gasteiger partial charge in [0.15, 0.2) is 11.6 Å². The number of hydrogen-bond acceptors (Lipinski definition) is 4. The van der Waals surface area contributed by atoms with Crippen molar-refractivity contribution in [3.63, 3.8) is 0 Å². The van der Waals surface area contributed by atoms with Gasteiger partial charge in [0.1, 0.15) is 5.78 Å². The summed E-state index contributed by atoms with van der Waals surface area (Å²) < 4.78 is 0. The van der Waals surface area contributed by atoms with Gasteiger partial charge in [-0.3, -0.25) is 19.2 Å². The molecule has 0 spiro atoms. The highest BCUT2D eigenvalue weighted by Gasteiger charge is 2.62. The third kappa shape index (κ3) is 2.84. The molecule has 0 aromatic rings. The Balaban J connectivity index is 1.73. The number of ketones is 4. The van der Waals surface area contributed by atoms with Crippen molar-refractivity contribution in [2.24, 2.45) is 40.4 Å². The molecule has 3 fully saturated rings. The third-order valence-electron chi connectivity index (χ3n) is 9.51. The monoisotopic (exact) mass is 398 g/mol. The van der Waals surface area contributed by atoms with Gasteiger partial charge in [-0.15, -0.1) is 0 Å². The predicted octanol–water partition coefficient (Wildman–Crippen LogP) is 4.50. The summed E-state index contributed by atoms with van der Waals surface area (Å²) in [6.45, 7) is 7.94. The topological polar surface area (TPSA) is 68.3 Å². The van der Waals surface area contributed by atoms with E-state index in [1.807, 2.05) is 0 Å². The third-order valence-corrected chi connectivity index (χ3v) is 9.51. The SMILES string of the molecule is CCC(=O)C(=O)C1CC(=O)C=C2CC[C@H]3[C@@H]4CC[C@H](C(C)=O)[C@@]4(C)CC[C@@H]3[C@]21C. The average Bonchev–Trinajstić information content (AvgIpc) is 3.04. The van der Waals surface area contributed by atoms with Crippen molar-refractivity contribution in [2.75, 3.05) is 0 Å². The van der Waals surface area contributed by atoms with Gasteiger partial charge in [-0.05, 0) is 74.7 Å². The van der Waals surface area contributed by atoms with Crippen LogP contribution in [-0.2, 0) is 19.2 Å². The molecule has 0 aromatic heterocycles. The maximum atomic E-state index is 13.1. The van der Waals surface area contributed by atoms with Crippen molar-refractivity contribution in [3.05, 3.63) is 11.6 Å². The van der Waals surface area contributed by atoms with Crippen molar-refractivity contribution < 1.29 is 19.2 Å². The lowest BCUT2D eigenvalue weighted by molar-refractivity contribution is -0.147. The van der Waals surface area contributed by atoms with Crippen LogP contribution in [0.5, 0.6) is 0 Å². The average molecular weight is 399 g/mol. The number of carbonyl (C=O) groups is 4. The molecule has 0 heterocycles. The van der Waals surface area contributed by atoms with Crippen LogP contribution in [0.25, 0.3) is 0 Å². The van der Waals surface area contributed by atoms with Gasteiger partial charge in [-0.1, -0.05) is 26.3 Å². The molecular formula is C25H34O4. The second kappa shape index (κ2) is 6.99. The van der Waals surface area contributed by atoms with Crippen LogP contribution < -0.4 is 0 Å². The summed E-state index contributed by atoms with van der Waals surface area (Å²) in [6, 6.07) is 0. The minimum absolute atomic E-state index is 0.00339. The van der Waals surface area contributed by atoms with Gasteiger partial charge in [0.2, 0.25) is 5.78 Å². The molecule has 4 rings (SSSR count). The minimum Gasteiger partial charge on any atom is -0.300 e. The zero-order chi connectivity index (χ0) is 21.1. The van der Waals surface area contributed by atoms with Crippen LogP contribution in [0.4, 0.5) is 0 Å². The van der Waals surface area contributed by atoms with E-state index >= 15 is 0 Å². The minimum atomic E-state index is -0.510. The Kier molecular flexibility index (Phi) is 4.99. The van der Waals surface area contributed by atoms with Crippen LogP contribution in [0.1, 0.15) is 79.1 Å². The molecular weight excluding hydrogens is 364 g/mol. The van der Waals surface area contributed by atoms with Crippen LogP contribution in [0.15, 0.2) is 11.6 Å². The molecule has 1 unspecified atom stereocenters. The van der Waals surface area contributed by atoms with Gasteiger partial charge >= 0.3 is 0 Å². The van der Waals surface area contributed by atoms with Crippen LogP contribution in [-0.4, -0.2) is 23.1 Å². The van der Waals surface area contributed by atoms with Crippen molar-refractivity contribution in [1.29, 1.82) is 0 Å². The molecule has 4 heteroatoms. The summed E-state index contributed by atoms with van der Waals surface area (Å²) in [6.07, 6.45) is 8.08. The Morgan fingerprint density at radius 3 is 2.41 bits per heavy atom. The van der Waals surface area contributed by atoms with E-state index in [0.717, 1.165) is 44.1 Å². The zero-order valence-corrected chi connectivity index (χ0v) is 18.3. The largest absolute Gasteiger partial charge is 0.300 e. The van der Waals surface area contributed by atoms with Gasteiger partial charge in [0, 0.05) is 30.1 Å². The molecule has 0 amide bonds. The highest BCUT2D eigenvalue weighted by Crippen LogP contribution is 2.67. The molecule has 4 aliphatic carbocycles. The molecule has 3 saturated carbocycles. The van der Waals surface area contributed by atoms with Crippen LogP contribution in [0, 0.1) is 40.4 Å². The normalized spacial score (nSPS) is 43.7. The smallest absolute Gasteiger partial charge is 0.202 e. The number of carbonyl (C=O) groups excluding carboxylic acids is 4. The quantitative estimate of drug-likeness (QED) is 0.654. The van der Waals surface area contributed by atoms with Crippen LogP contribution >= 0.6 is 0 Å². The van der Waals surface area contributed by atoms with Gasteiger partial charge < -0.3 is 0 Å². The molecule has 29 heavy (non-hydrogen) atoms. The maximum absolute atomic E-state index is 13.1. The Morgan fingerprint density at radius 1 is 1.03 bits per heavy atom. The molecule has 4 nitrogen and oxygen atoms in total. The summed E-state index contributed by atoms with van der Waals surface area (Å²) in [5, 5.41) is 0. The molecule has 0 bridgehead atoms. The standard InChI is InChI=1S/C25H34O4/c1-5-22(28)23(29)21-13-16(27)12-15-6-7-17-19-9-8-18(14(2)26)24(19,3)11-10-20(17)25(15,21)4/h12,17-21H,5-11,13H2,1-4H3/t17-,18+,19-,20-,21?,24+,25-/m0/s1. The van der Waals surface area contributed by atoms with Crippen LogP contribution in [0.2, 0.25) is 0 Å². The van der Waals surface area contributed by atoms with Gasteiger partial charge in [0.05, 0.1) is 0 Å². The molecule has 0 aliphatic heterocycles. The molecule has 0 saturated heterocycles. The number of rotatable bonds is 4. The van der Waals surface area contributed by atoms with E-state index < -0.39 is 11.3 Å². The lowest BCUT2D eigenvalue weighted by Gasteiger charge is -2.59. The molecule has 7 atom stereocenters. The first-order chi connectivity index (χ1) is 13.6. The van der Waals surface area contributed by atoms with Gasteiger partial charge in [-0.25, -0.2) is 0 Å². The number of fused-ring (bicyclic) bond motifs is 5. The Hall–Kier alpha value is -1.58. The van der Waals surface area contributed by atoms with E-state index in [-0.39, 0.29) is 41.5 Å². The van der Waals surface area contributed by atoms with Crippen molar-refractivity contribution in [2.45, 2.75) is 79.1 Å². The molecule has 0 N–H and O–H groups in total. The first-order valence-electron chi connectivity index (χ1n) is 11.5. The molecule has 4 aliphatic rings. The van der Waals surface area contributed by atoms with Crippen molar-refractivity contribution >= 4 is 23.1 Å². The Bertz CT molecular complexity index is 808. The fraction of sp³-hybridized carbons (Fsp3) is 0.760. The van der Waals surface area contributed by atoms with Gasteiger partial charge in [-0.2, -0.15) is 0 Å². The first-order valence-corrected chi connectivity index (χ1v) is 11.5. The Labute approximate surface area is 173 Å². The fourth-order valence-corrected chi connectivity index (χ4v) is 8.04. The second-order valence-electron chi connectivity index (χ2n) is 10.5. The number of Topliss-reactive ketones (excluding diaryl/α,β-unsaturated/α-hetero) is 3. The molecule has 0 aromatic carbocycles. The zero-order valence-electron chi connectivity index (χ0n) is 18.3. The maximum Gasteiger partial charge on any atom is 0.202 e. The van der Waals surface area contributed by atoms with E-state index in [1.165, 1.54) is 0 Å². The Morgan fingerprint density at radius 2 is 1.76 bits per heavy atom. The lowest BCUT2D eigenvalue weighted by Crippen LogP contribution is -2.55. The van der Waals surface area contributed by atoms with E-state index in [1.54, 1.807) is 19.9 Å². The number of allylic oxidation sites excluding steroid dienone is 1. The highest BCUT2D eigenvalue weighted by atomic mass is 16.2. The van der Waals surface area contributed by atoms with E-state index in [4.69, 9.17) is 0 Å². The summed E-state index contributed by atoms with van der Waals surface area (Å²) in [5.74, 6) is 0.580. The summed E-state index contributed by atoms with van der Waals surface area (Å²) in [7, 11) is 0. The van der Waals surface area contributed by atoms with Crippen molar-refractivity contribution in [1.82, 2.24) is 0 Å². The predicted molar refractivity (Wildman–Crippen MR) is 110 cm³/mol. The first kappa shape index (κ1) is 20.7. The second-order valence-corrected chi connectivity index (χ2v) is 10.5. The van der Waals surface area contributed by atoms with Gasteiger partial charge in [0.25, 0.3) is 0 Å². The molecule has 158 valence electrons. The highest BCUT2D eigenvalue weighted by molar-refractivity contribution is 6.38. The lowest BCUT2D eigenvalue weighted by atomic mass is 9.44. The summed E-state index contributed by atoms with van der Waals surface area (Å²) in [5.41, 5.74) is 0.768. The van der Waals surface area contributed by atoms with Crippen LogP contribution in [0.3, 0.4) is 0 Å². The van der Waals surface area contributed by atoms with E-state index in [2.05, 4.69) is 13.8 Å². The number of hydrogen-bond donors (Lipinski definition) is 0. The summed E-state index contributed by atoms with van der Waals surface area (Å²) in [4.78, 5) is 50.1. The molecule has 0 radical (unpaired) electrons. The van der Waals surface area contributed by atoms with Crippen molar-refractivity contribution in [3.8, 4) is 0 Å². The fourth-order valence-electron chi connectivity index (χ4n) is 8.04. The van der Waals surface area contributed by atoms with E-state index in [0.29, 0.717) is 23.5 Å².